The van der Waals surface area contributed by atoms with Gasteiger partial charge in [0.25, 0.3) is 10.0 Å². The minimum atomic E-state index is -3.86. The Kier molecular flexibility index (Phi) is 6.15. The molecule has 1 aromatic heterocycles. The molecule has 1 fully saturated rings. The lowest BCUT2D eigenvalue weighted by atomic mass is 9.99. The topological polar surface area (TPSA) is 138 Å². The number of amides is 1. The zero-order valence-electron chi connectivity index (χ0n) is 15.6. The maximum atomic E-state index is 12.5. The highest BCUT2D eigenvalue weighted by Gasteiger charge is 2.30. The van der Waals surface area contributed by atoms with E-state index in [2.05, 4.69) is 20.0 Å². The third-order valence-electron chi connectivity index (χ3n) is 4.45. The van der Waals surface area contributed by atoms with Crippen molar-refractivity contribution in [3.63, 3.8) is 0 Å². The third kappa shape index (κ3) is 5.49. The molecule has 10 nitrogen and oxygen atoms in total. The van der Waals surface area contributed by atoms with Gasteiger partial charge in [-0.2, -0.15) is 0 Å². The summed E-state index contributed by atoms with van der Waals surface area (Å²) in [4.78, 5) is 20.1. The molecule has 1 amide bonds. The Morgan fingerprint density at radius 2 is 1.76 bits per heavy atom. The van der Waals surface area contributed by atoms with Crippen LogP contribution in [0.15, 0.2) is 47.6 Å². The molecule has 2 N–H and O–H groups in total. The quantitative estimate of drug-likeness (QED) is 0.681. The lowest BCUT2D eigenvalue weighted by Gasteiger charge is -2.30. The summed E-state index contributed by atoms with van der Waals surface area (Å²) in [5.74, 6) is -0.804. The van der Waals surface area contributed by atoms with Gasteiger partial charge in [-0.05, 0) is 43.2 Å². The number of nitrogens with one attached hydrogen (secondary N) is 2. The van der Waals surface area contributed by atoms with Crippen molar-refractivity contribution in [1.29, 1.82) is 0 Å². The Morgan fingerprint density at radius 3 is 2.38 bits per heavy atom. The summed E-state index contributed by atoms with van der Waals surface area (Å²) in [6.07, 6.45) is 5.15. The van der Waals surface area contributed by atoms with Crippen molar-refractivity contribution >= 4 is 37.6 Å². The van der Waals surface area contributed by atoms with E-state index >= 15 is 0 Å². The number of aromatic nitrogens is 2. The molecule has 1 aliphatic heterocycles. The molecule has 0 spiro atoms. The van der Waals surface area contributed by atoms with Crippen LogP contribution in [0.2, 0.25) is 0 Å². The fourth-order valence-electron chi connectivity index (χ4n) is 2.95. The molecule has 12 heteroatoms. The van der Waals surface area contributed by atoms with Gasteiger partial charge in [-0.15, -0.1) is 0 Å². The van der Waals surface area contributed by atoms with Crippen LogP contribution in [0.3, 0.4) is 0 Å². The standard InChI is InChI=1S/C17H21N5O5S2/c1-28(24,25)22-11-2-4-13(12-22)16(23)20-14-5-7-15(8-6-14)29(26,27)21-17-18-9-3-10-19-17/h3,5-10,13H,2,4,11-12H2,1H3,(H,20,23)(H,18,19,21)/t13-/m0/s1. The largest absolute Gasteiger partial charge is 0.326 e. The molecule has 3 rings (SSSR count). The van der Waals surface area contributed by atoms with E-state index < -0.39 is 26.0 Å². The number of anilines is 2. The fourth-order valence-corrected chi connectivity index (χ4v) is 4.82. The third-order valence-corrected chi connectivity index (χ3v) is 7.06. The molecule has 29 heavy (non-hydrogen) atoms. The number of piperidine rings is 1. The molecule has 1 aliphatic rings. The predicted molar refractivity (Wildman–Crippen MR) is 107 cm³/mol. The van der Waals surface area contributed by atoms with E-state index in [0.29, 0.717) is 25.1 Å². The van der Waals surface area contributed by atoms with E-state index in [-0.39, 0.29) is 23.3 Å². The van der Waals surface area contributed by atoms with Gasteiger partial charge < -0.3 is 5.32 Å². The molecule has 0 radical (unpaired) electrons. The van der Waals surface area contributed by atoms with Crippen molar-refractivity contribution in [2.24, 2.45) is 5.92 Å². The molecule has 1 saturated heterocycles. The SMILES string of the molecule is CS(=O)(=O)N1CCC[C@H](C(=O)Nc2ccc(S(=O)(=O)Nc3ncccn3)cc2)C1. The van der Waals surface area contributed by atoms with Crippen LogP contribution in [-0.2, 0) is 24.8 Å². The highest BCUT2D eigenvalue weighted by atomic mass is 32.2. The monoisotopic (exact) mass is 439 g/mol. The Morgan fingerprint density at radius 1 is 1.10 bits per heavy atom. The number of hydrogen-bond acceptors (Lipinski definition) is 7. The predicted octanol–water partition coefficient (Wildman–Crippen LogP) is 0.887. The molecule has 0 unspecified atom stereocenters. The van der Waals surface area contributed by atoms with Crippen molar-refractivity contribution in [1.82, 2.24) is 14.3 Å². The average molecular weight is 440 g/mol. The number of carbonyl (C=O) groups is 1. The number of nitrogens with zero attached hydrogens (tertiary/aromatic N) is 3. The highest BCUT2D eigenvalue weighted by Crippen LogP contribution is 2.21. The summed E-state index contributed by atoms with van der Waals surface area (Å²) in [7, 11) is -7.21. The van der Waals surface area contributed by atoms with Crippen LogP contribution in [0, 0.1) is 5.92 Å². The van der Waals surface area contributed by atoms with Gasteiger partial charge in [0.2, 0.25) is 21.9 Å². The molecular formula is C17H21N5O5S2. The van der Waals surface area contributed by atoms with Crippen molar-refractivity contribution < 1.29 is 21.6 Å². The number of rotatable bonds is 6. The van der Waals surface area contributed by atoms with Crippen LogP contribution in [0.4, 0.5) is 11.6 Å². The normalized spacial score (nSPS) is 18.2. The Hall–Kier alpha value is -2.57. The lowest BCUT2D eigenvalue weighted by molar-refractivity contribution is -0.120. The second kappa shape index (κ2) is 8.43. The minimum absolute atomic E-state index is 0.0103. The van der Waals surface area contributed by atoms with Crippen molar-refractivity contribution in [3.05, 3.63) is 42.7 Å². The van der Waals surface area contributed by atoms with Gasteiger partial charge in [0.1, 0.15) is 0 Å². The number of sulfonamides is 2. The first-order valence-corrected chi connectivity index (χ1v) is 12.1. The summed E-state index contributed by atoms with van der Waals surface area (Å²) in [6, 6.07) is 7.21. The van der Waals surface area contributed by atoms with E-state index in [0.717, 1.165) is 6.26 Å². The second-order valence-corrected chi connectivity index (χ2v) is 10.3. The van der Waals surface area contributed by atoms with E-state index in [9.17, 15) is 21.6 Å². The summed E-state index contributed by atoms with van der Waals surface area (Å²) in [5.41, 5.74) is 0.418. The van der Waals surface area contributed by atoms with Crippen LogP contribution in [0.5, 0.6) is 0 Å². The second-order valence-electron chi connectivity index (χ2n) is 6.65. The summed E-state index contributed by atoms with van der Waals surface area (Å²) < 4.78 is 51.7. The first-order valence-electron chi connectivity index (χ1n) is 8.81. The molecule has 2 heterocycles. The van der Waals surface area contributed by atoms with Gasteiger partial charge in [0.05, 0.1) is 17.1 Å². The summed E-state index contributed by atoms with van der Waals surface area (Å²) in [6.45, 7) is 0.547. The van der Waals surface area contributed by atoms with E-state index in [1.165, 1.54) is 41.0 Å². The molecule has 1 atom stereocenters. The smallest absolute Gasteiger partial charge is 0.264 e. The minimum Gasteiger partial charge on any atom is -0.326 e. The van der Waals surface area contributed by atoms with E-state index in [1.54, 1.807) is 6.07 Å². The Labute approximate surface area is 169 Å². The zero-order chi connectivity index (χ0) is 21.1. The van der Waals surface area contributed by atoms with Gasteiger partial charge in [0, 0.05) is 31.2 Å². The molecular weight excluding hydrogens is 418 g/mol. The van der Waals surface area contributed by atoms with Crippen molar-refractivity contribution in [2.75, 3.05) is 29.4 Å². The summed E-state index contributed by atoms with van der Waals surface area (Å²) >= 11 is 0. The molecule has 0 saturated carbocycles. The number of carbonyl (C=O) groups excluding carboxylic acids is 1. The fraction of sp³-hybridized carbons (Fsp3) is 0.353. The van der Waals surface area contributed by atoms with Crippen LogP contribution >= 0.6 is 0 Å². The van der Waals surface area contributed by atoms with Crippen LogP contribution in [0.1, 0.15) is 12.8 Å². The van der Waals surface area contributed by atoms with Gasteiger partial charge in [-0.3, -0.25) is 4.79 Å². The Balaban J connectivity index is 1.65. The van der Waals surface area contributed by atoms with Crippen molar-refractivity contribution in [3.8, 4) is 0 Å². The average Bonchev–Trinajstić information content (AvgIpc) is 2.68. The van der Waals surface area contributed by atoms with Gasteiger partial charge in [0.15, 0.2) is 0 Å². The summed E-state index contributed by atoms with van der Waals surface area (Å²) in [5, 5.41) is 2.71. The zero-order valence-corrected chi connectivity index (χ0v) is 17.3. The first-order chi connectivity index (χ1) is 13.6. The van der Waals surface area contributed by atoms with Gasteiger partial charge >= 0.3 is 0 Å². The highest BCUT2D eigenvalue weighted by molar-refractivity contribution is 7.92. The molecule has 0 bridgehead atoms. The van der Waals surface area contributed by atoms with Crippen LogP contribution < -0.4 is 10.0 Å². The lowest BCUT2D eigenvalue weighted by Crippen LogP contribution is -2.43. The van der Waals surface area contributed by atoms with Gasteiger partial charge in [-0.1, -0.05) is 0 Å². The first kappa shape index (κ1) is 21.1. The van der Waals surface area contributed by atoms with E-state index in [1.807, 2.05) is 0 Å². The molecule has 2 aromatic rings. The van der Waals surface area contributed by atoms with Crippen LogP contribution in [0.25, 0.3) is 0 Å². The maximum Gasteiger partial charge on any atom is 0.264 e. The van der Waals surface area contributed by atoms with E-state index in [4.69, 9.17) is 0 Å². The maximum absolute atomic E-state index is 12.5. The molecule has 1 aromatic carbocycles. The van der Waals surface area contributed by atoms with Crippen molar-refractivity contribution in [2.45, 2.75) is 17.7 Å². The molecule has 156 valence electrons. The number of hydrogen-bond donors (Lipinski definition) is 2. The van der Waals surface area contributed by atoms with Gasteiger partial charge in [-0.25, -0.2) is 35.8 Å². The van der Waals surface area contributed by atoms with Crippen LogP contribution in [-0.4, -0.2) is 56.4 Å². The Bertz CT molecular complexity index is 1070. The number of benzene rings is 1. The molecule has 0 aliphatic carbocycles.